The van der Waals surface area contributed by atoms with Gasteiger partial charge in [0.15, 0.2) is 0 Å². The highest BCUT2D eigenvalue weighted by atomic mass is 32.1. The van der Waals surface area contributed by atoms with Gasteiger partial charge in [-0.1, -0.05) is 103 Å². The van der Waals surface area contributed by atoms with Gasteiger partial charge in [-0.25, -0.2) is 4.98 Å². The van der Waals surface area contributed by atoms with Crippen LogP contribution in [0.5, 0.6) is 0 Å². The first-order chi connectivity index (χ1) is 22.3. The summed E-state index contributed by atoms with van der Waals surface area (Å²) in [7, 11) is 0. The van der Waals surface area contributed by atoms with Crippen LogP contribution in [0.25, 0.3) is 86.5 Å². The molecule has 0 spiro atoms. The number of benzene rings is 6. The van der Waals surface area contributed by atoms with Gasteiger partial charge in [-0.2, -0.15) is 0 Å². The van der Waals surface area contributed by atoms with E-state index in [0.29, 0.717) is 0 Å². The van der Waals surface area contributed by atoms with Crippen LogP contribution in [-0.4, -0.2) is 14.1 Å². The van der Waals surface area contributed by atoms with Gasteiger partial charge in [0.2, 0.25) is 0 Å². The van der Waals surface area contributed by atoms with Crippen molar-refractivity contribution in [3.8, 4) is 22.8 Å². The second kappa shape index (κ2) is 9.39. The van der Waals surface area contributed by atoms with E-state index in [2.05, 4.69) is 161 Å². The van der Waals surface area contributed by atoms with Gasteiger partial charge in [0.1, 0.15) is 5.82 Å². The summed E-state index contributed by atoms with van der Waals surface area (Å²) in [5.41, 5.74) is 8.04. The number of nitrogens with zero attached hydrogens (tertiary/aromatic N) is 3. The van der Waals surface area contributed by atoms with Gasteiger partial charge in [-0.3, -0.25) is 4.57 Å². The van der Waals surface area contributed by atoms with Crippen LogP contribution in [0.15, 0.2) is 152 Å². The fraction of sp³-hybridized carbons (Fsp3) is 0. The highest BCUT2D eigenvalue weighted by molar-refractivity contribution is 7.26. The van der Waals surface area contributed by atoms with Gasteiger partial charge < -0.3 is 4.57 Å². The summed E-state index contributed by atoms with van der Waals surface area (Å²) in [5, 5.41) is 7.43. The Balaban J connectivity index is 1.36. The molecule has 0 radical (unpaired) electrons. The fourth-order valence-electron chi connectivity index (χ4n) is 7.15. The SMILES string of the molecule is c1ccc(-c2nc(-n3c4ccccc4c4cc5c(cc43)c3ccccc3n5-c3ccccc3)cc3c2sc2ccccc23)cc1. The predicted octanol–water partition coefficient (Wildman–Crippen LogP) is 11.3. The number of para-hydroxylation sites is 3. The molecule has 6 aromatic carbocycles. The normalized spacial score (nSPS) is 12.0. The quantitative estimate of drug-likeness (QED) is 0.200. The van der Waals surface area contributed by atoms with Crippen molar-refractivity contribution in [3.63, 3.8) is 0 Å². The molecule has 0 saturated carbocycles. The molecule has 0 amide bonds. The van der Waals surface area contributed by atoms with E-state index in [-0.39, 0.29) is 0 Å². The molecule has 4 heteroatoms. The first-order valence-electron chi connectivity index (χ1n) is 15.2. The lowest BCUT2D eigenvalue weighted by molar-refractivity contribution is 1.09. The van der Waals surface area contributed by atoms with E-state index < -0.39 is 0 Å². The monoisotopic (exact) mass is 591 g/mol. The molecular weight excluding hydrogens is 567 g/mol. The zero-order chi connectivity index (χ0) is 29.5. The molecule has 3 nitrogen and oxygen atoms in total. The van der Waals surface area contributed by atoms with Crippen LogP contribution in [0.1, 0.15) is 0 Å². The van der Waals surface area contributed by atoms with Crippen molar-refractivity contribution in [2.75, 3.05) is 0 Å². The van der Waals surface area contributed by atoms with Crippen molar-refractivity contribution in [2.45, 2.75) is 0 Å². The lowest BCUT2D eigenvalue weighted by Gasteiger charge is -2.11. The average Bonchev–Trinajstić information content (AvgIpc) is 3.75. The minimum Gasteiger partial charge on any atom is -0.309 e. The third kappa shape index (κ3) is 3.54. The van der Waals surface area contributed by atoms with Crippen LogP contribution < -0.4 is 0 Å². The lowest BCUT2D eigenvalue weighted by Crippen LogP contribution is -1.99. The summed E-state index contributed by atoms with van der Waals surface area (Å²) >= 11 is 1.83. The third-order valence-electron chi connectivity index (χ3n) is 9.11. The van der Waals surface area contributed by atoms with Gasteiger partial charge >= 0.3 is 0 Å². The summed E-state index contributed by atoms with van der Waals surface area (Å²) in [6.45, 7) is 0. The Morgan fingerprint density at radius 3 is 1.69 bits per heavy atom. The second-order valence-electron chi connectivity index (χ2n) is 11.6. The Kier molecular flexibility index (Phi) is 5.16. The summed E-state index contributed by atoms with van der Waals surface area (Å²) < 4.78 is 7.27. The van der Waals surface area contributed by atoms with E-state index in [1.54, 1.807) is 0 Å². The van der Waals surface area contributed by atoms with Crippen molar-refractivity contribution < 1.29 is 0 Å². The van der Waals surface area contributed by atoms with E-state index in [1.165, 1.54) is 52.8 Å². The molecule has 0 aliphatic carbocycles. The minimum absolute atomic E-state index is 0.933. The van der Waals surface area contributed by atoms with Crippen LogP contribution in [0.2, 0.25) is 0 Å². The summed E-state index contributed by atoms with van der Waals surface area (Å²) in [5.74, 6) is 0.933. The van der Waals surface area contributed by atoms with E-state index in [0.717, 1.165) is 33.8 Å². The molecule has 0 N–H and O–H groups in total. The van der Waals surface area contributed by atoms with Crippen molar-refractivity contribution in [1.29, 1.82) is 0 Å². The number of rotatable bonds is 3. The molecule has 0 aliphatic rings. The first-order valence-corrected chi connectivity index (χ1v) is 16.0. The Bertz CT molecular complexity index is 2750. The molecular formula is C41H25N3S. The van der Waals surface area contributed by atoms with Gasteiger partial charge in [-0.15, -0.1) is 11.3 Å². The predicted molar refractivity (Wildman–Crippen MR) is 191 cm³/mol. The largest absolute Gasteiger partial charge is 0.309 e. The van der Waals surface area contributed by atoms with Crippen molar-refractivity contribution in [1.82, 2.24) is 14.1 Å². The van der Waals surface area contributed by atoms with E-state index in [4.69, 9.17) is 4.98 Å². The van der Waals surface area contributed by atoms with E-state index in [9.17, 15) is 0 Å². The van der Waals surface area contributed by atoms with Crippen LogP contribution in [0.4, 0.5) is 0 Å². The Morgan fingerprint density at radius 2 is 0.978 bits per heavy atom. The number of fused-ring (bicyclic) bond motifs is 9. The van der Waals surface area contributed by atoms with Gasteiger partial charge in [0.25, 0.3) is 0 Å². The van der Waals surface area contributed by atoms with Crippen LogP contribution in [0, 0.1) is 0 Å². The molecule has 210 valence electrons. The maximum Gasteiger partial charge on any atom is 0.139 e. The highest BCUT2D eigenvalue weighted by Gasteiger charge is 2.21. The van der Waals surface area contributed by atoms with Gasteiger partial charge in [0, 0.05) is 48.3 Å². The third-order valence-corrected chi connectivity index (χ3v) is 10.3. The Morgan fingerprint density at radius 1 is 0.422 bits per heavy atom. The maximum absolute atomic E-state index is 5.47. The lowest BCUT2D eigenvalue weighted by atomic mass is 10.1. The average molecular weight is 592 g/mol. The molecule has 0 bridgehead atoms. The Labute approximate surface area is 262 Å². The molecule has 0 fully saturated rings. The number of aromatic nitrogens is 3. The molecule has 0 atom stereocenters. The molecule has 10 rings (SSSR count). The molecule has 4 aromatic heterocycles. The van der Waals surface area contributed by atoms with Gasteiger partial charge in [0.05, 0.1) is 32.5 Å². The van der Waals surface area contributed by atoms with Crippen LogP contribution >= 0.6 is 11.3 Å². The van der Waals surface area contributed by atoms with Gasteiger partial charge in [-0.05, 0) is 48.5 Å². The highest BCUT2D eigenvalue weighted by Crippen LogP contribution is 2.43. The second-order valence-corrected chi connectivity index (χ2v) is 12.6. The van der Waals surface area contributed by atoms with Crippen LogP contribution in [-0.2, 0) is 0 Å². The molecule has 4 heterocycles. The molecule has 0 saturated heterocycles. The topological polar surface area (TPSA) is 22.8 Å². The summed E-state index contributed by atoms with van der Waals surface area (Å²) in [6, 6.07) is 54.5. The zero-order valence-electron chi connectivity index (χ0n) is 24.2. The van der Waals surface area contributed by atoms with Crippen LogP contribution in [0.3, 0.4) is 0 Å². The molecule has 10 aromatic rings. The number of pyridine rings is 1. The number of thiophene rings is 1. The van der Waals surface area contributed by atoms with E-state index >= 15 is 0 Å². The molecule has 45 heavy (non-hydrogen) atoms. The van der Waals surface area contributed by atoms with E-state index in [1.807, 2.05) is 11.3 Å². The zero-order valence-corrected chi connectivity index (χ0v) is 25.0. The fourth-order valence-corrected chi connectivity index (χ4v) is 8.34. The number of hydrogen-bond donors (Lipinski definition) is 0. The maximum atomic E-state index is 5.47. The molecule has 0 unspecified atom stereocenters. The smallest absolute Gasteiger partial charge is 0.139 e. The van der Waals surface area contributed by atoms with Crippen molar-refractivity contribution in [2.24, 2.45) is 0 Å². The summed E-state index contributed by atoms with van der Waals surface area (Å²) in [4.78, 5) is 5.47. The van der Waals surface area contributed by atoms with Crippen molar-refractivity contribution >= 4 is 75.1 Å². The Hall–Kier alpha value is -5.71. The standard InChI is InChI=1S/C41H25N3S/c1-3-13-26(14-4-1)40-41-33(30-19-9-12-22-38(30)45-41)25-39(42-40)44-35-21-11-8-18-29(35)32-23-36-31(24-37(32)44)28-17-7-10-20-34(28)43(36)27-15-5-2-6-16-27/h1-25H. The van der Waals surface area contributed by atoms with Crippen molar-refractivity contribution in [3.05, 3.63) is 152 Å². The minimum atomic E-state index is 0.933. The first kappa shape index (κ1) is 24.7. The number of hydrogen-bond acceptors (Lipinski definition) is 2. The summed E-state index contributed by atoms with van der Waals surface area (Å²) in [6.07, 6.45) is 0. The molecule has 0 aliphatic heterocycles.